The lowest BCUT2D eigenvalue weighted by atomic mass is 9.84. The second-order valence-electron chi connectivity index (χ2n) is 3.56. The molecule has 70 valence electrons. The summed E-state index contributed by atoms with van der Waals surface area (Å²) < 4.78 is 4.61. The van der Waals surface area contributed by atoms with E-state index in [0.717, 1.165) is 25.7 Å². The minimum absolute atomic E-state index is 0.0875. The van der Waals surface area contributed by atoms with Crippen molar-refractivity contribution >= 4 is 5.97 Å². The fourth-order valence-electron chi connectivity index (χ4n) is 1.71. The predicted octanol–water partition coefficient (Wildman–Crippen LogP) is 1.07. The number of carbonyl (C=O) groups is 1. The number of esters is 1. The fourth-order valence-corrected chi connectivity index (χ4v) is 1.71. The monoisotopic (exact) mass is 171 g/mol. The first-order valence-corrected chi connectivity index (χ1v) is 4.54. The van der Waals surface area contributed by atoms with E-state index in [9.17, 15) is 4.79 Å². The van der Waals surface area contributed by atoms with Gasteiger partial charge >= 0.3 is 5.97 Å². The van der Waals surface area contributed by atoms with Gasteiger partial charge in [-0.2, -0.15) is 0 Å². The van der Waals surface area contributed by atoms with Crippen molar-refractivity contribution in [1.29, 1.82) is 0 Å². The summed E-state index contributed by atoms with van der Waals surface area (Å²) in [7, 11) is 1.44. The van der Waals surface area contributed by atoms with Crippen LogP contribution < -0.4 is 5.73 Å². The van der Waals surface area contributed by atoms with E-state index in [2.05, 4.69) is 4.74 Å². The molecule has 1 fully saturated rings. The lowest BCUT2D eigenvalue weighted by Crippen LogP contribution is -2.27. The van der Waals surface area contributed by atoms with Crippen molar-refractivity contribution in [3.8, 4) is 0 Å². The average molecular weight is 171 g/mol. The molecule has 0 aliphatic heterocycles. The largest absolute Gasteiger partial charge is 0.469 e. The quantitative estimate of drug-likeness (QED) is 0.632. The highest BCUT2D eigenvalue weighted by Crippen LogP contribution is 2.25. The zero-order chi connectivity index (χ0) is 8.97. The molecule has 3 nitrogen and oxygen atoms in total. The zero-order valence-corrected chi connectivity index (χ0v) is 7.58. The first-order chi connectivity index (χ1) is 5.72. The SMILES string of the molecule is COC(=O)C[C@H]1CC[C@@H](N)CC1. The molecule has 12 heavy (non-hydrogen) atoms. The normalized spacial score (nSPS) is 29.8. The van der Waals surface area contributed by atoms with Gasteiger partial charge in [0.25, 0.3) is 0 Å². The molecule has 2 N–H and O–H groups in total. The van der Waals surface area contributed by atoms with Gasteiger partial charge in [-0.1, -0.05) is 0 Å². The zero-order valence-electron chi connectivity index (χ0n) is 7.58. The van der Waals surface area contributed by atoms with Gasteiger partial charge in [0, 0.05) is 12.5 Å². The van der Waals surface area contributed by atoms with E-state index < -0.39 is 0 Å². The van der Waals surface area contributed by atoms with E-state index in [0.29, 0.717) is 18.4 Å². The first kappa shape index (κ1) is 9.52. The van der Waals surface area contributed by atoms with Crippen LogP contribution in [0.1, 0.15) is 32.1 Å². The second-order valence-corrected chi connectivity index (χ2v) is 3.56. The molecule has 1 aliphatic carbocycles. The number of carbonyl (C=O) groups excluding carboxylic acids is 1. The number of hydrogen-bond acceptors (Lipinski definition) is 3. The molecular formula is C9H17NO2. The van der Waals surface area contributed by atoms with Gasteiger partial charge in [-0.25, -0.2) is 0 Å². The molecule has 0 aromatic rings. The van der Waals surface area contributed by atoms with Gasteiger partial charge < -0.3 is 10.5 Å². The van der Waals surface area contributed by atoms with E-state index in [1.165, 1.54) is 7.11 Å². The number of hydrogen-bond donors (Lipinski definition) is 1. The van der Waals surface area contributed by atoms with Crippen LogP contribution in [0.25, 0.3) is 0 Å². The van der Waals surface area contributed by atoms with Gasteiger partial charge in [-0.05, 0) is 31.6 Å². The Labute approximate surface area is 73.3 Å². The number of rotatable bonds is 2. The van der Waals surface area contributed by atoms with E-state index in [1.807, 2.05) is 0 Å². The van der Waals surface area contributed by atoms with Crippen LogP contribution in [0, 0.1) is 5.92 Å². The van der Waals surface area contributed by atoms with Crippen LogP contribution in [0.3, 0.4) is 0 Å². The van der Waals surface area contributed by atoms with Crippen LogP contribution in [0.2, 0.25) is 0 Å². The third-order valence-electron chi connectivity index (χ3n) is 2.57. The molecule has 1 rings (SSSR count). The predicted molar refractivity (Wildman–Crippen MR) is 46.6 cm³/mol. The topological polar surface area (TPSA) is 52.3 Å². The van der Waals surface area contributed by atoms with Crippen LogP contribution >= 0.6 is 0 Å². The highest BCUT2D eigenvalue weighted by molar-refractivity contribution is 5.69. The summed E-state index contributed by atoms with van der Waals surface area (Å²) in [6.07, 6.45) is 4.85. The molecule has 1 aliphatic rings. The van der Waals surface area contributed by atoms with Gasteiger partial charge in [0.2, 0.25) is 0 Å². The minimum Gasteiger partial charge on any atom is -0.469 e. The molecule has 0 atom stereocenters. The summed E-state index contributed by atoms with van der Waals surface area (Å²) in [6, 6.07) is 0.360. The standard InChI is InChI=1S/C9H17NO2/c1-12-9(11)6-7-2-4-8(10)5-3-7/h7-8H,2-6,10H2,1H3/t7-,8+. The molecule has 0 radical (unpaired) electrons. The molecule has 0 saturated heterocycles. The van der Waals surface area contributed by atoms with Crippen molar-refractivity contribution in [2.24, 2.45) is 11.7 Å². The van der Waals surface area contributed by atoms with Crippen LogP contribution in [-0.2, 0) is 9.53 Å². The Morgan fingerprint density at radius 2 is 2.00 bits per heavy atom. The summed E-state index contributed by atoms with van der Waals surface area (Å²) in [5.74, 6) is 0.424. The summed E-state index contributed by atoms with van der Waals surface area (Å²) in [5, 5.41) is 0. The molecule has 0 bridgehead atoms. The number of nitrogens with two attached hydrogens (primary N) is 1. The van der Waals surface area contributed by atoms with Gasteiger partial charge in [0.15, 0.2) is 0 Å². The maximum Gasteiger partial charge on any atom is 0.305 e. The van der Waals surface area contributed by atoms with E-state index in [1.54, 1.807) is 0 Å². The lowest BCUT2D eigenvalue weighted by Gasteiger charge is -2.24. The molecule has 0 amide bonds. The molecule has 0 heterocycles. The highest BCUT2D eigenvalue weighted by Gasteiger charge is 2.20. The van der Waals surface area contributed by atoms with E-state index in [4.69, 9.17) is 5.73 Å². The van der Waals surface area contributed by atoms with Crippen molar-refractivity contribution in [3.63, 3.8) is 0 Å². The molecule has 1 saturated carbocycles. The maximum atomic E-state index is 10.9. The molecular weight excluding hydrogens is 154 g/mol. The number of methoxy groups -OCH3 is 1. The third-order valence-corrected chi connectivity index (χ3v) is 2.57. The Morgan fingerprint density at radius 3 is 2.50 bits per heavy atom. The van der Waals surface area contributed by atoms with Crippen LogP contribution in [0.4, 0.5) is 0 Å². The molecule has 0 unspecified atom stereocenters. The summed E-state index contributed by atoms with van der Waals surface area (Å²) >= 11 is 0. The molecule has 0 aromatic carbocycles. The first-order valence-electron chi connectivity index (χ1n) is 4.54. The van der Waals surface area contributed by atoms with Crippen molar-refractivity contribution in [2.45, 2.75) is 38.1 Å². The Morgan fingerprint density at radius 1 is 1.42 bits per heavy atom. The Hall–Kier alpha value is -0.570. The molecule has 3 heteroatoms. The highest BCUT2D eigenvalue weighted by atomic mass is 16.5. The molecule has 0 spiro atoms. The lowest BCUT2D eigenvalue weighted by molar-refractivity contribution is -0.142. The summed E-state index contributed by atoms with van der Waals surface area (Å²) in [4.78, 5) is 10.9. The summed E-state index contributed by atoms with van der Waals surface area (Å²) in [5.41, 5.74) is 5.74. The van der Waals surface area contributed by atoms with Gasteiger partial charge in [-0.15, -0.1) is 0 Å². The van der Waals surface area contributed by atoms with Crippen molar-refractivity contribution in [2.75, 3.05) is 7.11 Å². The van der Waals surface area contributed by atoms with Crippen molar-refractivity contribution in [3.05, 3.63) is 0 Å². The van der Waals surface area contributed by atoms with Gasteiger partial charge in [0.1, 0.15) is 0 Å². The maximum absolute atomic E-state index is 10.9. The van der Waals surface area contributed by atoms with Crippen molar-refractivity contribution < 1.29 is 9.53 Å². The van der Waals surface area contributed by atoms with E-state index in [-0.39, 0.29) is 5.97 Å². The van der Waals surface area contributed by atoms with E-state index >= 15 is 0 Å². The van der Waals surface area contributed by atoms with Crippen molar-refractivity contribution in [1.82, 2.24) is 0 Å². The third kappa shape index (κ3) is 2.81. The van der Waals surface area contributed by atoms with Crippen LogP contribution in [0.5, 0.6) is 0 Å². The summed E-state index contributed by atoms with van der Waals surface area (Å²) in [6.45, 7) is 0. The number of ether oxygens (including phenoxy) is 1. The van der Waals surface area contributed by atoms with Crippen LogP contribution in [-0.4, -0.2) is 19.1 Å². The fraction of sp³-hybridized carbons (Fsp3) is 0.889. The van der Waals surface area contributed by atoms with Gasteiger partial charge in [-0.3, -0.25) is 4.79 Å². The second kappa shape index (κ2) is 4.45. The average Bonchev–Trinajstić information content (AvgIpc) is 2.09. The Balaban J connectivity index is 2.21. The minimum atomic E-state index is -0.0875. The van der Waals surface area contributed by atoms with Gasteiger partial charge in [0.05, 0.1) is 7.11 Å². The Kier molecular flexibility index (Phi) is 3.53. The Bertz CT molecular complexity index is 151. The van der Waals surface area contributed by atoms with Crippen LogP contribution in [0.15, 0.2) is 0 Å². The smallest absolute Gasteiger partial charge is 0.305 e. The molecule has 0 aromatic heterocycles.